The topological polar surface area (TPSA) is 180 Å². The van der Waals surface area contributed by atoms with Crippen molar-refractivity contribution < 1.29 is 34.6 Å². The molecule has 29 heavy (non-hydrogen) atoms. The van der Waals surface area contributed by atoms with Gasteiger partial charge in [0.25, 0.3) is 0 Å². The molecule has 0 bridgehead atoms. The van der Waals surface area contributed by atoms with Crippen molar-refractivity contribution in [1.82, 2.24) is 4.90 Å². The maximum atomic E-state index is 11.6. The van der Waals surface area contributed by atoms with E-state index in [0.29, 0.717) is 44.5 Å². The van der Waals surface area contributed by atoms with Crippen LogP contribution in [0.5, 0.6) is 11.5 Å². The number of phenols is 1. The van der Waals surface area contributed by atoms with Crippen LogP contribution in [0, 0.1) is 0 Å². The van der Waals surface area contributed by atoms with Gasteiger partial charge < -0.3 is 36.5 Å². The Hall–Kier alpha value is -2.34. The van der Waals surface area contributed by atoms with Crippen LogP contribution in [-0.4, -0.2) is 75.9 Å². The highest BCUT2D eigenvalue weighted by atomic mass is 16.5. The maximum absolute atomic E-state index is 11.6. The summed E-state index contributed by atoms with van der Waals surface area (Å²) in [6, 6.07) is 2.90. The van der Waals surface area contributed by atoms with E-state index in [1.165, 1.54) is 12.1 Å². The van der Waals surface area contributed by atoms with E-state index in [1.54, 1.807) is 0 Å². The molecule has 1 aliphatic heterocycles. The predicted octanol–water partition coefficient (Wildman–Crippen LogP) is -0.848. The van der Waals surface area contributed by atoms with Gasteiger partial charge in [0.1, 0.15) is 23.2 Å². The molecule has 1 atom stereocenters. The van der Waals surface area contributed by atoms with E-state index in [1.807, 2.05) is 0 Å². The lowest BCUT2D eigenvalue weighted by Gasteiger charge is -2.40. The molecule has 2 rings (SSSR count). The fourth-order valence-corrected chi connectivity index (χ4v) is 3.29. The number of amides is 1. The van der Waals surface area contributed by atoms with Gasteiger partial charge in [-0.15, -0.1) is 0 Å². The lowest BCUT2D eigenvalue weighted by molar-refractivity contribution is -0.118. The molecule has 1 aromatic carbocycles. The summed E-state index contributed by atoms with van der Waals surface area (Å²) in [6.45, 7) is 1.78. The molecule has 1 amide bonds. The Bertz CT molecular complexity index is 726. The van der Waals surface area contributed by atoms with Crippen molar-refractivity contribution in [3.05, 3.63) is 23.3 Å². The first-order chi connectivity index (χ1) is 13.7. The average Bonchev–Trinajstić information content (AvgIpc) is 2.58. The smallest absolute Gasteiger partial charge is 0.451 e. The molecule has 10 nitrogen and oxygen atoms in total. The Kier molecular flexibility index (Phi) is 8.26. The first-order valence-corrected chi connectivity index (χ1v) is 9.54. The Morgan fingerprint density at radius 3 is 2.59 bits per heavy atom. The number of ether oxygens (including phenoxy) is 1. The highest BCUT2D eigenvalue weighted by molar-refractivity contribution is 6.41. The van der Waals surface area contributed by atoms with Crippen molar-refractivity contribution >= 4 is 19.0 Å². The number of hydrogen-bond donors (Lipinski definition) is 6. The molecule has 1 fully saturated rings. The molecule has 1 saturated heterocycles. The third-order valence-electron chi connectivity index (χ3n) is 4.82. The zero-order valence-corrected chi connectivity index (χ0v) is 16.2. The number of rotatable bonds is 12. The summed E-state index contributed by atoms with van der Waals surface area (Å²) >= 11 is 0. The summed E-state index contributed by atoms with van der Waals surface area (Å²) in [5.41, 5.74) is 11.1. The van der Waals surface area contributed by atoms with Crippen LogP contribution in [0.25, 0.3) is 0 Å². The third kappa shape index (κ3) is 6.89. The highest BCUT2D eigenvalue weighted by Gasteiger charge is 2.31. The van der Waals surface area contributed by atoms with Gasteiger partial charge in [-0.25, -0.2) is 4.79 Å². The van der Waals surface area contributed by atoms with Crippen molar-refractivity contribution in [2.75, 3.05) is 19.6 Å². The fourth-order valence-electron chi connectivity index (χ4n) is 3.29. The van der Waals surface area contributed by atoms with Gasteiger partial charge in [-0.05, 0) is 37.2 Å². The zero-order valence-electron chi connectivity index (χ0n) is 16.2. The highest BCUT2D eigenvalue weighted by Crippen LogP contribution is 2.33. The molecule has 0 aromatic heterocycles. The van der Waals surface area contributed by atoms with Crippen molar-refractivity contribution in [1.29, 1.82) is 0 Å². The summed E-state index contributed by atoms with van der Waals surface area (Å²) in [7, 11) is -1.54. The predicted molar refractivity (Wildman–Crippen MR) is 106 cm³/mol. The van der Waals surface area contributed by atoms with Gasteiger partial charge in [-0.2, -0.15) is 0 Å². The minimum Gasteiger partial charge on any atom is -0.507 e. The van der Waals surface area contributed by atoms with E-state index in [4.69, 9.17) is 26.3 Å². The number of benzene rings is 1. The molecule has 0 aliphatic carbocycles. The number of aryl methyl sites for hydroxylation is 1. The maximum Gasteiger partial charge on any atom is 0.451 e. The summed E-state index contributed by atoms with van der Waals surface area (Å²) < 4.78 is 5.75. The standard InChI is InChI=1S/C18H28BN3O7/c20-12(2-1-3-15(21)23)8-22-9-13(10-22)29-14-5-4-11(6-7-19(27)28)17(24)16(14)18(25)26/h4-5,12-13,24,27-28H,1-3,6-10,20H2,(H2,21,23)(H,25,26)/t12-/m0/s1. The molecule has 8 N–H and O–H groups in total. The number of carboxylic acids is 1. The van der Waals surface area contributed by atoms with Gasteiger partial charge in [0, 0.05) is 32.1 Å². The van der Waals surface area contributed by atoms with E-state index in [9.17, 15) is 19.8 Å². The van der Waals surface area contributed by atoms with Gasteiger partial charge in [-0.1, -0.05) is 6.07 Å². The molecular formula is C18H28BN3O7. The second-order valence-corrected chi connectivity index (χ2v) is 7.35. The minimum absolute atomic E-state index is 0.0237. The first-order valence-electron chi connectivity index (χ1n) is 9.54. The molecule has 1 aromatic rings. The molecule has 0 radical (unpaired) electrons. The number of likely N-dealkylation sites (tertiary alicyclic amines) is 1. The molecule has 1 aliphatic rings. The summed E-state index contributed by atoms with van der Waals surface area (Å²) in [5, 5.41) is 37.6. The Morgan fingerprint density at radius 1 is 1.31 bits per heavy atom. The monoisotopic (exact) mass is 409 g/mol. The molecular weight excluding hydrogens is 381 g/mol. The fraction of sp³-hybridized carbons (Fsp3) is 0.556. The van der Waals surface area contributed by atoms with Crippen molar-refractivity contribution in [3.8, 4) is 11.5 Å². The van der Waals surface area contributed by atoms with E-state index in [-0.39, 0.29) is 42.1 Å². The van der Waals surface area contributed by atoms with Crippen LogP contribution >= 0.6 is 0 Å². The average molecular weight is 409 g/mol. The summed E-state index contributed by atoms with van der Waals surface area (Å²) in [4.78, 5) is 24.4. The van der Waals surface area contributed by atoms with Gasteiger partial charge >= 0.3 is 13.1 Å². The van der Waals surface area contributed by atoms with Gasteiger partial charge in [0.2, 0.25) is 5.91 Å². The number of carboxylic acid groups (broad SMARTS) is 1. The van der Waals surface area contributed by atoms with Gasteiger partial charge in [0.05, 0.1) is 0 Å². The summed E-state index contributed by atoms with van der Waals surface area (Å²) in [6.07, 6.45) is 1.51. The third-order valence-corrected chi connectivity index (χ3v) is 4.82. The Labute approximate surface area is 169 Å². The van der Waals surface area contributed by atoms with Crippen LogP contribution in [-0.2, 0) is 11.2 Å². The van der Waals surface area contributed by atoms with E-state index >= 15 is 0 Å². The molecule has 0 saturated carbocycles. The molecule has 1 heterocycles. The van der Waals surface area contributed by atoms with Crippen LogP contribution in [0.3, 0.4) is 0 Å². The number of nitrogens with two attached hydrogens (primary N) is 2. The van der Waals surface area contributed by atoms with Crippen molar-refractivity contribution in [3.63, 3.8) is 0 Å². The van der Waals surface area contributed by atoms with Crippen LogP contribution in [0.1, 0.15) is 35.2 Å². The van der Waals surface area contributed by atoms with Crippen LogP contribution in [0.15, 0.2) is 12.1 Å². The lowest BCUT2D eigenvalue weighted by atomic mass is 9.82. The summed E-state index contributed by atoms with van der Waals surface area (Å²) in [5.74, 6) is -2.02. The van der Waals surface area contributed by atoms with E-state index in [2.05, 4.69) is 4.90 Å². The van der Waals surface area contributed by atoms with Crippen LogP contribution < -0.4 is 16.2 Å². The van der Waals surface area contributed by atoms with Crippen molar-refractivity contribution in [2.24, 2.45) is 11.5 Å². The van der Waals surface area contributed by atoms with Gasteiger partial charge in [-0.3, -0.25) is 9.69 Å². The van der Waals surface area contributed by atoms with E-state index in [0.717, 1.165) is 0 Å². The zero-order chi connectivity index (χ0) is 21.6. The number of aromatic carboxylic acids is 1. The number of nitrogens with zero attached hydrogens (tertiary/aromatic N) is 1. The SMILES string of the molecule is NC(=O)CCC[C@H](N)CN1CC(Oc2ccc(CCB(O)O)c(O)c2C(=O)O)C1. The normalized spacial score (nSPS) is 15.6. The number of primary amides is 1. The Balaban J connectivity index is 1.88. The molecule has 0 unspecified atom stereocenters. The largest absolute Gasteiger partial charge is 0.507 e. The molecule has 160 valence electrons. The van der Waals surface area contributed by atoms with Gasteiger partial charge in [0.15, 0.2) is 0 Å². The molecule has 0 spiro atoms. The van der Waals surface area contributed by atoms with Crippen LogP contribution in [0.4, 0.5) is 0 Å². The molecule has 11 heteroatoms. The Morgan fingerprint density at radius 2 is 2.00 bits per heavy atom. The lowest BCUT2D eigenvalue weighted by Crippen LogP contribution is -2.56. The number of hydrogen-bond acceptors (Lipinski definition) is 8. The minimum atomic E-state index is -1.54. The van der Waals surface area contributed by atoms with Crippen LogP contribution in [0.2, 0.25) is 6.32 Å². The second-order valence-electron chi connectivity index (χ2n) is 7.35. The quantitative estimate of drug-likeness (QED) is 0.240. The number of carbonyl (C=O) groups excluding carboxylic acids is 1. The number of carbonyl (C=O) groups is 2. The second kappa shape index (κ2) is 10.4. The first kappa shape index (κ1) is 22.9. The number of aromatic hydroxyl groups is 1. The van der Waals surface area contributed by atoms with E-state index < -0.39 is 18.8 Å². The van der Waals surface area contributed by atoms with Crippen molar-refractivity contribution in [2.45, 2.75) is 44.1 Å².